The van der Waals surface area contributed by atoms with E-state index in [9.17, 15) is 4.79 Å². The van der Waals surface area contributed by atoms with Crippen LogP contribution in [0.5, 0.6) is 0 Å². The largest absolute Gasteiger partial charge is 0.369 e. The van der Waals surface area contributed by atoms with Crippen molar-refractivity contribution in [1.82, 2.24) is 4.98 Å². The highest BCUT2D eigenvalue weighted by molar-refractivity contribution is 8.01. The second-order valence-electron chi connectivity index (χ2n) is 5.50. The average molecular weight is 342 g/mol. The number of rotatable bonds is 5. The third-order valence-corrected chi connectivity index (χ3v) is 6.14. The van der Waals surface area contributed by atoms with Gasteiger partial charge in [-0.2, -0.15) is 0 Å². The van der Waals surface area contributed by atoms with Crippen molar-refractivity contribution in [3.63, 3.8) is 0 Å². The van der Waals surface area contributed by atoms with Crippen molar-refractivity contribution in [2.75, 3.05) is 0 Å². The van der Waals surface area contributed by atoms with Crippen molar-refractivity contribution < 1.29 is 4.79 Å². The minimum Gasteiger partial charge on any atom is -0.369 e. The molecular formula is C18H18N2OS2. The summed E-state index contributed by atoms with van der Waals surface area (Å²) >= 11 is 3.29. The number of carbonyl (C=O) groups excluding carboxylic acids is 1. The van der Waals surface area contributed by atoms with E-state index in [1.807, 2.05) is 6.92 Å². The lowest BCUT2D eigenvalue weighted by Gasteiger charge is -2.10. The summed E-state index contributed by atoms with van der Waals surface area (Å²) in [6.45, 7) is 4.11. The number of benzene rings is 2. The Labute approximate surface area is 143 Å². The zero-order valence-electron chi connectivity index (χ0n) is 13.1. The summed E-state index contributed by atoms with van der Waals surface area (Å²) < 4.78 is 0.986. The minimum atomic E-state index is -0.309. The molecule has 1 atom stereocenters. The van der Waals surface area contributed by atoms with Crippen LogP contribution in [-0.4, -0.2) is 10.9 Å². The molecule has 3 aromatic rings. The molecule has 2 N–H and O–H groups in total. The first-order chi connectivity index (χ1) is 11.0. The van der Waals surface area contributed by atoms with Gasteiger partial charge in [-0.1, -0.05) is 54.2 Å². The Kier molecular flexibility index (Phi) is 4.68. The van der Waals surface area contributed by atoms with Gasteiger partial charge < -0.3 is 5.73 Å². The number of hydrogen-bond acceptors (Lipinski definition) is 4. The fourth-order valence-corrected chi connectivity index (χ4v) is 4.96. The Morgan fingerprint density at radius 3 is 2.74 bits per heavy atom. The van der Waals surface area contributed by atoms with Gasteiger partial charge in [0, 0.05) is 10.1 Å². The normalized spacial score (nSPS) is 12.4. The Morgan fingerprint density at radius 2 is 2.00 bits per heavy atom. The van der Waals surface area contributed by atoms with E-state index in [-0.39, 0.29) is 12.3 Å². The molecule has 2 aromatic carbocycles. The number of nitrogens with two attached hydrogens (primary N) is 1. The predicted molar refractivity (Wildman–Crippen MR) is 98.0 cm³/mol. The molecule has 0 aliphatic rings. The number of thiazole rings is 1. The van der Waals surface area contributed by atoms with Gasteiger partial charge in [0.15, 0.2) is 4.34 Å². The van der Waals surface area contributed by atoms with Gasteiger partial charge in [0.25, 0.3) is 0 Å². The van der Waals surface area contributed by atoms with Crippen molar-refractivity contribution in [3.05, 3.63) is 58.6 Å². The van der Waals surface area contributed by atoms with Gasteiger partial charge >= 0.3 is 0 Å². The Morgan fingerprint density at radius 1 is 1.26 bits per heavy atom. The van der Waals surface area contributed by atoms with Gasteiger partial charge in [0.2, 0.25) is 5.91 Å². The molecule has 1 amide bonds. The minimum absolute atomic E-state index is 0.272. The number of aromatic nitrogens is 1. The van der Waals surface area contributed by atoms with Crippen LogP contribution in [0.15, 0.2) is 46.8 Å². The molecule has 1 unspecified atom stereocenters. The third kappa shape index (κ3) is 3.74. The van der Waals surface area contributed by atoms with Gasteiger partial charge in [0.05, 0.1) is 12.1 Å². The number of nitrogens with zero attached hydrogens (tertiary/aromatic N) is 1. The zero-order chi connectivity index (χ0) is 16.4. The van der Waals surface area contributed by atoms with E-state index in [0.29, 0.717) is 5.25 Å². The highest BCUT2D eigenvalue weighted by Crippen LogP contribution is 2.38. The van der Waals surface area contributed by atoms with Crippen molar-refractivity contribution >= 4 is 39.8 Å². The van der Waals surface area contributed by atoms with E-state index < -0.39 is 0 Å². The molecule has 0 aliphatic heterocycles. The molecule has 0 saturated heterocycles. The maximum atomic E-state index is 11.1. The molecule has 5 heteroatoms. The van der Waals surface area contributed by atoms with Crippen LogP contribution in [0.3, 0.4) is 0 Å². The molecule has 0 saturated carbocycles. The molecule has 3 nitrogen and oxygen atoms in total. The number of primary amides is 1. The molecule has 1 heterocycles. The van der Waals surface area contributed by atoms with E-state index >= 15 is 0 Å². The van der Waals surface area contributed by atoms with E-state index in [0.717, 1.165) is 14.9 Å². The molecule has 0 radical (unpaired) electrons. The number of carbonyl (C=O) groups is 1. The number of fused-ring (bicyclic) bond motifs is 1. The van der Waals surface area contributed by atoms with Crippen LogP contribution in [0.2, 0.25) is 0 Å². The lowest BCUT2D eigenvalue weighted by Crippen LogP contribution is -2.13. The smallest absolute Gasteiger partial charge is 0.222 e. The SMILES string of the molecule is Cc1nc(SC(C)c2ccc3ccccc3c2)sc1CC(N)=O. The third-order valence-electron chi connectivity index (χ3n) is 3.73. The van der Waals surface area contributed by atoms with Gasteiger partial charge in [0.1, 0.15) is 0 Å². The summed E-state index contributed by atoms with van der Waals surface area (Å²) in [5, 5.41) is 2.80. The highest BCUT2D eigenvalue weighted by atomic mass is 32.2. The fraction of sp³-hybridized carbons (Fsp3) is 0.222. The predicted octanol–water partition coefficient (Wildman–Crippen LogP) is 4.49. The molecular weight excluding hydrogens is 324 g/mol. The van der Waals surface area contributed by atoms with Crippen LogP contribution in [0, 0.1) is 6.92 Å². The van der Waals surface area contributed by atoms with Crippen molar-refractivity contribution in [2.24, 2.45) is 5.73 Å². The number of hydrogen-bond donors (Lipinski definition) is 1. The van der Waals surface area contributed by atoms with Crippen LogP contribution < -0.4 is 5.73 Å². The van der Waals surface area contributed by atoms with E-state index in [1.54, 1.807) is 23.1 Å². The molecule has 3 rings (SSSR count). The van der Waals surface area contributed by atoms with Gasteiger partial charge in [-0.05, 0) is 30.2 Å². The second kappa shape index (κ2) is 6.72. The summed E-state index contributed by atoms with van der Waals surface area (Å²) in [5.41, 5.74) is 7.46. The van der Waals surface area contributed by atoms with Gasteiger partial charge in [-0.25, -0.2) is 4.98 Å². The molecule has 1 aromatic heterocycles. The fourth-order valence-electron chi connectivity index (χ4n) is 2.45. The van der Waals surface area contributed by atoms with Crippen LogP contribution in [0.25, 0.3) is 10.8 Å². The first-order valence-electron chi connectivity index (χ1n) is 7.43. The Bertz CT molecular complexity index is 857. The molecule has 118 valence electrons. The summed E-state index contributed by atoms with van der Waals surface area (Å²) in [5.74, 6) is -0.309. The first kappa shape index (κ1) is 16.0. The molecule has 0 spiro atoms. The van der Waals surface area contributed by atoms with Crippen LogP contribution >= 0.6 is 23.1 Å². The molecule has 0 bridgehead atoms. The summed E-state index contributed by atoms with van der Waals surface area (Å²) in [6, 6.07) is 14.9. The van der Waals surface area contributed by atoms with Crippen molar-refractivity contribution in [1.29, 1.82) is 0 Å². The second-order valence-corrected chi connectivity index (χ2v) is 8.17. The summed E-state index contributed by atoms with van der Waals surface area (Å²) in [7, 11) is 0. The van der Waals surface area contributed by atoms with E-state index in [2.05, 4.69) is 54.4 Å². The lowest BCUT2D eigenvalue weighted by molar-refractivity contribution is -0.117. The Hall–Kier alpha value is -1.85. The molecule has 23 heavy (non-hydrogen) atoms. The van der Waals surface area contributed by atoms with Gasteiger partial charge in [-0.3, -0.25) is 4.79 Å². The topological polar surface area (TPSA) is 56.0 Å². The van der Waals surface area contributed by atoms with E-state index in [1.165, 1.54) is 16.3 Å². The van der Waals surface area contributed by atoms with Crippen molar-refractivity contribution in [3.8, 4) is 0 Å². The maximum absolute atomic E-state index is 11.1. The number of aryl methyl sites for hydroxylation is 1. The van der Waals surface area contributed by atoms with Crippen LogP contribution in [0.4, 0.5) is 0 Å². The highest BCUT2D eigenvalue weighted by Gasteiger charge is 2.14. The van der Waals surface area contributed by atoms with Crippen LogP contribution in [0.1, 0.15) is 28.3 Å². The van der Waals surface area contributed by atoms with Crippen LogP contribution in [-0.2, 0) is 11.2 Å². The summed E-state index contributed by atoms with van der Waals surface area (Å²) in [6.07, 6.45) is 0.272. The zero-order valence-corrected chi connectivity index (χ0v) is 14.7. The lowest BCUT2D eigenvalue weighted by atomic mass is 10.1. The number of thioether (sulfide) groups is 1. The van der Waals surface area contributed by atoms with E-state index in [4.69, 9.17) is 5.73 Å². The van der Waals surface area contributed by atoms with Crippen molar-refractivity contribution in [2.45, 2.75) is 29.9 Å². The first-order valence-corrected chi connectivity index (χ1v) is 9.12. The number of amides is 1. The molecule has 0 fully saturated rings. The maximum Gasteiger partial charge on any atom is 0.222 e. The van der Waals surface area contributed by atoms with Gasteiger partial charge in [-0.15, -0.1) is 11.3 Å². The Balaban J connectivity index is 1.80. The standard InChI is InChI=1S/C18H18N2OS2/c1-11-16(10-17(19)21)23-18(20-11)22-12(2)14-8-7-13-5-3-4-6-15(13)9-14/h3-9,12H,10H2,1-2H3,(H2,19,21). The average Bonchev–Trinajstić information content (AvgIpc) is 2.85. The summed E-state index contributed by atoms with van der Waals surface area (Å²) in [4.78, 5) is 16.6. The monoisotopic (exact) mass is 342 g/mol. The molecule has 0 aliphatic carbocycles. The quantitative estimate of drug-likeness (QED) is 0.695.